The minimum Gasteiger partial charge on any atom is -0.462 e. The van der Waals surface area contributed by atoms with Crippen LogP contribution in [0.2, 0.25) is 0 Å². The maximum atomic E-state index is 12.2. The minimum atomic E-state index is -0.371. The van der Waals surface area contributed by atoms with Crippen molar-refractivity contribution in [2.24, 2.45) is 0 Å². The van der Waals surface area contributed by atoms with E-state index in [1.165, 1.54) is 0 Å². The second kappa shape index (κ2) is 8.67. The quantitative estimate of drug-likeness (QED) is 0.423. The third-order valence-electron chi connectivity index (χ3n) is 3.19. The van der Waals surface area contributed by atoms with E-state index < -0.39 is 0 Å². The van der Waals surface area contributed by atoms with Crippen molar-refractivity contribution in [2.75, 3.05) is 11.9 Å². The molecule has 0 aliphatic rings. The maximum Gasteiger partial charge on any atom is 0.338 e. The third kappa shape index (κ3) is 5.35. The van der Waals surface area contributed by atoms with Crippen molar-refractivity contribution in [3.05, 3.63) is 63.2 Å². The first-order valence-electron chi connectivity index (χ1n) is 7.44. The van der Waals surface area contributed by atoms with Crippen LogP contribution in [0.1, 0.15) is 40.5 Å². The van der Waals surface area contributed by atoms with Crippen LogP contribution >= 0.6 is 22.6 Å². The Bertz CT molecular complexity index is 683. The molecule has 0 radical (unpaired) electrons. The van der Waals surface area contributed by atoms with E-state index in [1.54, 1.807) is 36.4 Å². The Morgan fingerprint density at radius 3 is 2.52 bits per heavy atom. The smallest absolute Gasteiger partial charge is 0.338 e. The van der Waals surface area contributed by atoms with Gasteiger partial charge in [0.25, 0.3) is 5.91 Å². The van der Waals surface area contributed by atoms with Gasteiger partial charge in [0, 0.05) is 14.8 Å². The number of rotatable bonds is 6. The monoisotopic (exact) mass is 423 g/mol. The molecule has 0 saturated heterocycles. The number of benzene rings is 2. The van der Waals surface area contributed by atoms with Crippen LogP contribution in [0, 0.1) is 3.57 Å². The van der Waals surface area contributed by atoms with Crippen LogP contribution in [0.4, 0.5) is 5.69 Å². The standard InChI is InChI=1S/C18H18INO3/c1-2-3-11-23-18(22)14-5-4-6-16(12-14)20-17(21)13-7-9-15(19)10-8-13/h4-10,12H,2-3,11H2,1H3,(H,20,21). The highest BCUT2D eigenvalue weighted by Gasteiger charge is 2.10. The van der Waals surface area contributed by atoms with Crippen molar-refractivity contribution in [3.8, 4) is 0 Å². The van der Waals surface area contributed by atoms with Crippen molar-refractivity contribution in [1.29, 1.82) is 0 Å². The summed E-state index contributed by atoms with van der Waals surface area (Å²) >= 11 is 2.19. The fraction of sp³-hybridized carbons (Fsp3) is 0.222. The van der Waals surface area contributed by atoms with E-state index in [0.29, 0.717) is 23.4 Å². The number of unbranched alkanes of at least 4 members (excludes halogenated alkanes) is 1. The highest BCUT2D eigenvalue weighted by atomic mass is 127. The van der Waals surface area contributed by atoms with Gasteiger partial charge >= 0.3 is 5.97 Å². The van der Waals surface area contributed by atoms with Crippen molar-refractivity contribution in [3.63, 3.8) is 0 Å². The molecule has 0 spiro atoms. The van der Waals surface area contributed by atoms with Crippen LogP contribution in [-0.2, 0) is 4.74 Å². The number of anilines is 1. The Morgan fingerprint density at radius 1 is 1.09 bits per heavy atom. The first-order chi connectivity index (χ1) is 11.1. The van der Waals surface area contributed by atoms with E-state index in [9.17, 15) is 9.59 Å². The number of halogens is 1. The number of nitrogens with one attached hydrogen (secondary N) is 1. The molecule has 0 aromatic heterocycles. The lowest BCUT2D eigenvalue weighted by Gasteiger charge is -2.08. The van der Waals surface area contributed by atoms with Crippen LogP contribution in [0.15, 0.2) is 48.5 Å². The summed E-state index contributed by atoms with van der Waals surface area (Å²) < 4.78 is 6.24. The number of hydrogen-bond donors (Lipinski definition) is 1. The fourth-order valence-corrected chi connectivity index (χ4v) is 2.28. The summed E-state index contributed by atoms with van der Waals surface area (Å²) in [6.45, 7) is 2.45. The van der Waals surface area contributed by atoms with Crippen LogP contribution in [-0.4, -0.2) is 18.5 Å². The van der Waals surface area contributed by atoms with E-state index in [-0.39, 0.29) is 11.9 Å². The Balaban J connectivity index is 2.03. The molecule has 5 heteroatoms. The zero-order valence-corrected chi connectivity index (χ0v) is 15.0. The molecule has 0 bridgehead atoms. The lowest BCUT2D eigenvalue weighted by Crippen LogP contribution is -2.13. The molecule has 1 amide bonds. The van der Waals surface area contributed by atoms with Gasteiger partial charge in [0.2, 0.25) is 0 Å². The summed E-state index contributed by atoms with van der Waals surface area (Å²) in [4.78, 5) is 24.1. The number of hydrogen-bond acceptors (Lipinski definition) is 3. The molecule has 0 unspecified atom stereocenters. The molecule has 2 aromatic rings. The highest BCUT2D eigenvalue weighted by Crippen LogP contribution is 2.14. The van der Waals surface area contributed by atoms with Crippen LogP contribution < -0.4 is 5.32 Å². The van der Waals surface area contributed by atoms with Gasteiger partial charge in [-0.15, -0.1) is 0 Å². The summed E-state index contributed by atoms with van der Waals surface area (Å²) in [6.07, 6.45) is 1.81. The van der Waals surface area contributed by atoms with Gasteiger partial charge in [-0.05, 0) is 71.5 Å². The molecular formula is C18H18INO3. The van der Waals surface area contributed by atoms with Crippen LogP contribution in [0.25, 0.3) is 0 Å². The minimum absolute atomic E-state index is 0.210. The molecule has 0 atom stereocenters. The molecule has 4 nitrogen and oxygen atoms in total. The van der Waals surface area contributed by atoms with Gasteiger partial charge in [-0.2, -0.15) is 0 Å². The second-order valence-electron chi connectivity index (χ2n) is 5.03. The predicted octanol–water partition coefficient (Wildman–Crippen LogP) is 4.50. The first kappa shape index (κ1) is 17.5. The van der Waals surface area contributed by atoms with E-state index in [4.69, 9.17) is 4.74 Å². The van der Waals surface area contributed by atoms with Crippen LogP contribution in [0.3, 0.4) is 0 Å². The molecule has 0 saturated carbocycles. The lowest BCUT2D eigenvalue weighted by atomic mass is 10.1. The van der Waals surface area contributed by atoms with Crippen LogP contribution in [0.5, 0.6) is 0 Å². The number of carbonyl (C=O) groups excluding carboxylic acids is 2. The second-order valence-corrected chi connectivity index (χ2v) is 6.28. The topological polar surface area (TPSA) is 55.4 Å². The van der Waals surface area contributed by atoms with Gasteiger partial charge in [0.1, 0.15) is 0 Å². The Labute approximate surface area is 149 Å². The molecule has 0 aliphatic heterocycles. The maximum absolute atomic E-state index is 12.2. The Hall–Kier alpha value is -1.89. The summed E-state index contributed by atoms with van der Waals surface area (Å²) in [5.74, 6) is -0.582. The van der Waals surface area contributed by atoms with Crippen molar-refractivity contribution >= 4 is 40.2 Å². The van der Waals surface area contributed by atoms with E-state index in [2.05, 4.69) is 27.9 Å². The lowest BCUT2D eigenvalue weighted by molar-refractivity contribution is 0.0499. The Morgan fingerprint density at radius 2 is 1.83 bits per heavy atom. The molecule has 23 heavy (non-hydrogen) atoms. The first-order valence-corrected chi connectivity index (χ1v) is 8.52. The van der Waals surface area contributed by atoms with E-state index in [0.717, 1.165) is 16.4 Å². The van der Waals surface area contributed by atoms with Crippen molar-refractivity contribution < 1.29 is 14.3 Å². The molecule has 2 aromatic carbocycles. The Kier molecular flexibility index (Phi) is 6.58. The molecule has 0 heterocycles. The average Bonchev–Trinajstić information content (AvgIpc) is 2.56. The van der Waals surface area contributed by atoms with Gasteiger partial charge in [-0.1, -0.05) is 19.4 Å². The SMILES string of the molecule is CCCCOC(=O)c1cccc(NC(=O)c2ccc(I)cc2)c1. The average molecular weight is 423 g/mol. The molecule has 0 aliphatic carbocycles. The number of esters is 1. The molecule has 2 rings (SSSR count). The largest absolute Gasteiger partial charge is 0.462 e. The molecule has 120 valence electrons. The predicted molar refractivity (Wildman–Crippen MR) is 98.7 cm³/mol. The fourth-order valence-electron chi connectivity index (χ4n) is 1.92. The number of carbonyl (C=O) groups is 2. The van der Waals surface area contributed by atoms with Gasteiger partial charge in [-0.25, -0.2) is 4.79 Å². The van der Waals surface area contributed by atoms with Gasteiger partial charge in [-0.3, -0.25) is 4.79 Å². The van der Waals surface area contributed by atoms with E-state index in [1.807, 2.05) is 19.1 Å². The summed E-state index contributed by atoms with van der Waals surface area (Å²) in [6, 6.07) is 14.0. The van der Waals surface area contributed by atoms with Crippen molar-refractivity contribution in [1.82, 2.24) is 0 Å². The van der Waals surface area contributed by atoms with Gasteiger partial charge < -0.3 is 10.1 Å². The normalized spacial score (nSPS) is 10.2. The zero-order chi connectivity index (χ0) is 16.7. The van der Waals surface area contributed by atoms with Crippen molar-refractivity contribution in [2.45, 2.75) is 19.8 Å². The van der Waals surface area contributed by atoms with E-state index >= 15 is 0 Å². The summed E-state index contributed by atoms with van der Waals surface area (Å²) in [7, 11) is 0. The summed E-state index contributed by atoms with van der Waals surface area (Å²) in [5.41, 5.74) is 1.57. The molecule has 1 N–H and O–H groups in total. The molecule has 0 fully saturated rings. The van der Waals surface area contributed by atoms with Gasteiger partial charge in [0.05, 0.1) is 12.2 Å². The highest BCUT2D eigenvalue weighted by molar-refractivity contribution is 14.1. The zero-order valence-electron chi connectivity index (χ0n) is 12.8. The van der Waals surface area contributed by atoms with Gasteiger partial charge in [0.15, 0.2) is 0 Å². The number of amides is 1. The summed E-state index contributed by atoms with van der Waals surface area (Å²) in [5, 5.41) is 2.79. The number of ether oxygens (including phenoxy) is 1. The third-order valence-corrected chi connectivity index (χ3v) is 3.91. The molecular weight excluding hydrogens is 405 g/mol.